The number of rotatable bonds is 3. The summed E-state index contributed by atoms with van der Waals surface area (Å²) in [5, 5.41) is 9.54. The van der Waals surface area contributed by atoms with Crippen molar-refractivity contribution in [1.29, 1.82) is 0 Å². The lowest BCUT2D eigenvalue weighted by Gasteiger charge is -2.12. The summed E-state index contributed by atoms with van der Waals surface area (Å²) in [6.45, 7) is 0.155. The van der Waals surface area contributed by atoms with Crippen molar-refractivity contribution in [2.45, 2.75) is 6.54 Å². The molecule has 0 bridgehead atoms. The highest BCUT2D eigenvalue weighted by atomic mass is 79.9. The van der Waals surface area contributed by atoms with Crippen LogP contribution in [0.2, 0.25) is 15.1 Å². The van der Waals surface area contributed by atoms with Crippen molar-refractivity contribution >= 4 is 79.7 Å². The number of phenolic OH excluding ortho intramolecular Hbond substituents is 1. The third-order valence-corrected chi connectivity index (χ3v) is 6.00. The van der Waals surface area contributed by atoms with Gasteiger partial charge in [-0.2, -0.15) is 0 Å². The lowest BCUT2D eigenvalue weighted by molar-refractivity contribution is -0.123. The summed E-state index contributed by atoms with van der Waals surface area (Å²) in [6, 6.07) is 8.63. The van der Waals surface area contributed by atoms with Crippen molar-refractivity contribution in [2.24, 2.45) is 0 Å². The Labute approximate surface area is 176 Å². The van der Waals surface area contributed by atoms with Crippen molar-refractivity contribution in [3.63, 3.8) is 0 Å². The minimum absolute atomic E-state index is 0.000456. The molecule has 3 rings (SSSR count). The summed E-state index contributed by atoms with van der Waals surface area (Å²) >= 11 is 22.1. The number of aromatic hydroxyl groups is 1. The predicted octanol–water partition coefficient (Wildman–Crippen LogP) is 6.35. The lowest BCUT2D eigenvalue weighted by Crippen LogP contribution is -2.27. The minimum Gasteiger partial charge on any atom is -0.505 e. The van der Waals surface area contributed by atoms with Gasteiger partial charge in [-0.15, -0.1) is 0 Å². The molecule has 0 atom stereocenters. The first-order valence-electron chi connectivity index (χ1n) is 7.14. The third kappa shape index (κ3) is 3.89. The fourth-order valence-electron chi connectivity index (χ4n) is 2.27. The van der Waals surface area contributed by atoms with E-state index in [4.69, 9.17) is 34.8 Å². The maximum atomic E-state index is 12.6. The van der Waals surface area contributed by atoms with Crippen LogP contribution in [0.15, 0.2) is 39.7 Å². The van der Waals surface area contributed by atoms with E-state index in [1.54, 1.807) is 0 Å². The number of nitrogens with zero attached hydrogens (tertiary/aromatic N) is 1. The van der Waals surface area contributed by atoms with E-state index in [1.807, 2.05) is 24.3 Å². The van der Waals surface area contributed by atoms with Crippen LogP contribution in [-0.2, 0) is 11.3 Å². The number of imide groups is 1. The average molecular weight is 494 g/mol. The van der Waals surface area contributed by atoms with Crippen molar-refractivity contribution in [3.8, 4) is 5.75 Å². The topological polar surface area (TPSA) is 57.6 Å². The summed E-state index contributed by atoms with van der Waals surface area (Å²) in [5.74, 6) is -0.789. The molecule has 4 nitrogen and oxygen atoms in total. The number of carbonyl (C=O) groups is 2. The number of hydrogen-bond acceptors (Lipinski definition) is 4. The lowest BCUT2D eigenvalue weighted by atomic mass is 10.2. The summed E-state index contributed by atoms with van der Waals surface area (Å²) in [7, 11) is 0. The molecule has 0 saturated carbocycles. The van der Waals surface area contributed by atoms with Crippen molar-refractivity contribution in [2.75, 3.05) is 0 Å². The first-order valence-corrected chi connectivity index (χ1v) is 9.88. The SMILES string of the molecule is O=C1S/C(=C\c2c(Cl)cc(Cl)c(O)c2Cl)C(=O)N1Cc1ccc(Br)cc1. The molecule has 134 valence electrons. The van der Waals surface area contributed by atoms with Gasteiger partial charge in [0.15, 0.2) is 5.75 Å². The third-order valence-electron chi connectivity index (χ3n) is 3.58. The quantitative estimate of drug-likeness (QED) is 0.506. The first-order chi connectivity index (χ1) is 12.3. The van der Waals surface area contributed by atoms with Crippen LogP contribution >= 0.6 is 62.5 Å². The van der Waals surface area contributed by atoms with Crippen LogP contribution in [-0.4, -0.2) is 21.2 Å². The van der Waals surface area contributed by atoms with Crippen molar-refractivity contribution < 1.29 is 14.7 Å². The minimum atomic E-state index is -0.454. The first kappa shape index (κ1) is 19.6. The standard InChI is InChI=1S/C17H9BrCl3NO3S/c18-9-3-1-8(2-4-9)7-22-16(24)13(26-17(22)25)5-10-11(19)6-12(20)15(23)14(10)21/h1-6,23H,7H2/b13-5-. The van der Waals surface area contributed by atoms with Gasteiger partial charge in [-0.3, -0.25) is 14.5 Å². The molecule has 2 aromatic carbocycles. The van der Waals surface area contributed by atoms with Crippen LogP contribution < -0.4 is 0 Å². The number of thioether (sulfide) groups is 1. The van der Waals surface area contributed by atoms with E-state index in [-0.39, 0.29) is 37.8 Å². The normalized spacial score (nSPS) is 16.0. The van der Waals surface area contributed by atoms with Crippen molar-refractivity contribution in [1.82, 2.24) is 4.90 Å². The Hall–Kier alpha value is -1.18. The number of halogens is 4. The van der Waals surface area contributed by atoms with Gasteiger partial charge in [0.1, 0.15) is 0 Å². The summed E-state index contributed by atoms with van der Waals surface area (Å²) in [6.07, 6.45) is 1.38. The summed E-state index contributed by atoms with van der Waals surface area (Å²) < 4.78 is 0.905. The molecular weight excluding hydrogens is 485 g/mol. The fraction of sp³-hybridized carbons (Fsp3) is 0.0588. The predicted molar refractivity (Wildman–Crippen MR) is 109 cm³/mol. The van der Waals surface area contributed by atoms with Crippen LogP contribution in [0.1, 0.15) is 11.1 Å². The Bertz CT molecular complexity index is 947. The second-order valence-electron chi connectivity index (χ2n) is 5.31. The number of phenols is 1. The molecule has 0 spiro atoms. The summed E-state index contributed by atoms with van der Waals surface area (Å²) in [4.78, 5) is 26.1. The molecule has 1 N–H and O–H groups in total. The van der Waals surface area contributed by atoms with Crippen molar-refractivity contribution in [3.05, 3.63) is 65.9 Å². The van der Waals surface area contributed by atoms with Gasteiger partial charge in [0.25, 0.3) is 11.1 Å². The largest absolute Gasteiger partial charge is 0.505 e. The zero-order chi connectivity index (χ0) is 19.0. The molecule has 1 fully saturated rings. The maximum Gasteiger partial charge on any atom is 0.293 e. The van der Waals surface area contributed by atoms with Gasteiger partial charge in [0.05, 0.1) is 26.5 Å². The van der Waals surface area contributed by atoms with Gasteiger partial charge in [0.2, 0.25) is 0 Å². The molecule has 0 aliphatic carbocycles. The Morgan fingerprint density at radius 2 is 1.77 bits per heavy atom. The fourth-order valence-corrected chi connectivity index (χ4v) is 4.22. The van der Waals surface area contributed by atoms with Crippen LogP contribution in [0.3, 0.4) is 0 Å². The Balaban J connectivity index is 1.90. The molecule has 1 saturated heterocycles. The Morgan fingerprint density at radius 1 is 1.12 bits per heavy atom. The highest BCUT2D eigenvalue weighted by Gasteiger charge is 2.35. The van der Waals surface area contributed by atoms with Crippen LogP contribution in [0.4, 0.5) is 4.79 Å². The molecule has 0 unspecified atom stereocenters. The van der Waals surface area contributed by atoms with Crippen LogP contribution in [0.5, 0.6) is 5.75 Å². The van der Waals surface area contributed by atoms with E-state index in [0.29, 0.717) is 0 Å². The second kappa shape index (κ2) is 7.82. The highest BCUT2D eigenvalue weighted by Crippen LogP contribution is 2.42. The van der Waals surface area contributed by atoms with Crippen LogP contribution in [0.25, 0.3) is 6.08 Å². The van der Waals surface area contributed by atoms with E-state index in [1.165, 1.54) is 12.1 Å². The monoisotopic (exact) mass is 491 g/mol. The van der Waals surface area contributed by atoms with E-state index in [0.717, 1.165) is 26.7 Å². The van der Waals surface area contributed by atoms with Gasteiger partial charge >= 0.3 is 0 Å². The molecule has 1 aliphatic heterocycles. The molecule has 0 radical (unpaired) electrons. The number of hydrogen-bond donors (Lipinski definition) is 1. The van der Waals surface area contributed by atoms with Crippen LogP contribution in [0, 0.1) is 0 Å². The molecule has 26 heavy (non-hydrogen) atoms. The maximum absolute atomic E-state index is 12.6. The molecule has 1 heterocycles. The van der Waals surface area contributed by atoms with Gasteiger partial charge in [0, 0.05) is 10.0 Å². The Kier molecular flexibility index (Phi) is 5.89. The molecular formula is C17H9BrCl3NO3S. The second-order valence-corrected chi connectivity index (χ2v) is 8.41. The number of amides is 2. The molecule has 2 aromatic rings. The molecule has 1 aliphatic rings. The summed E-state index contributed by atoms with van der Waals surface area (Å²) in [5.41, 5.74) is 1.04. The van der Waals surface area contributed by atoms with E-state index in [9.17, 15) is 14.7 Å². The highest BCUT2D eigenvalue weighted by molar-refractivity contribution is 9.10. The average Bonchev–Trinajstić information content (AvgIpc) is 2.86. The molecule has 0 aromatic heterocycles. The molecule has 2 amide bonds. The van der Waals surface area contributed by atoms with Gasteiger partial charge in [-0.1, -0.05) is 62.9 Å². The number of benzene rings is 2. The van der Waals surface area contributed by atoms with E-state index in [2.05, 4.69) is 15.9 Å². The van der Waals surface area contributed by atoms with Gasteiger partial charge < -0.3 is 5.11 Å². The number of carbonyl (C=O) groups excluding carboxylic acids is 2. The molecule has 9 heteroatoms. The smallest absolute Gasteiger partial charge is 0.293 e. The zero-order valence-electron chi connectivity index (χ0n) is 12.8. The van der Waals surface area contributed by atoms with E-state index >= 15 is 0 Å². The zero-order valence-corrected chi connectivity index (χ0v) is 17.5. The Morgan fingerprint density at radius 3 is 2.42 bits per heavy atom. The van der Waals surface area contributed by atoms with E-state index < -0.39 is 11.1 Å². The van der Waals surface area contributed by atoms with Gasteiger partial charge in [-0.05, 0) is 41.6 Å². The van der Waals surface area contributed by atoms with Gasteiger partial charge in [-0.25, -0.2) is 0 Å².